The SMILES string of the molecule is C.C#Cc1ccc(COC(C)C)cc1.CC(C)(C)N1CCCC1.CC(C)(C)OCCC1CCNCC1.CC(C)OCC1OCc2ccccc2O1.CC(C)Oc1ccc2c(c1)=NCN=2.Cc1cccc(F)c1NC(C)C. The predicted molar refractivity (Wildman–Crippen MR) is 314 cm³/mol. The van der Waals surface area contributed by atoms with Crippen molar-refractivity contribution in [2.45, 2.75) is 198 Å². The van der Waals surface area contributed by atoms with Crippen molar-refractivity contribution in [3.63, 3.8) is 0 Å². The fourth-order valence-electron chi connectivity index (χ4n) is 7.90. The maximum Gasteiger partial charge on any atom is 0.223 e. The molecule has 1 atom stereocenters. The molecule has 4 aromatic rings. The van der Waals surface area contributed by atoms with Crippen LogP contribution >= 0.6 is 0 Å². The second kappa shape index (κ2) is 35.5. The maximum absolute atomic E-state index is 13.1. The van der Waals surface area contributed by atoms with E-state index >= 15 is 0 Å². The molecule has 11 nitrogen and oxygen atoms in total. The van der Waals surface area contributed by atoms with Crippen molar-refractivity contribution in [1.29, 1.82) is 0 Å². The number of fused-ring (bicyclic) bond motifs is 2. The molecule has 1 unspecified atom stereocenters. The zero-order chi connectivity index (χ0) is 55.4. The van der Waals surface area contributed by atoms with Gasteiger partial charge in [-0.25, -0.2) is 4.39 Å². The second-order valence-corrected chi connectivity index (χ2v) is 22.4. The number of halogens is 1. The van der Waals surface area contributed by atoms with Crippen LogP contribution in [0.4, 0.5) is 10.1 Å². The van der Waals surface area contributed by atoms with E-state index in [2.05, 4.69) is 73.0 Å². The lowest BCUT2D eigenvalue weighted by molar-refractivity contribution is -0.150. The van der Waals surface area contributed by atoms with Gasteiger partial charge in [0.2, 0.25) is 6.29 Å². The first-order valence-corrected chi connectivity index (χ1v) is 27.4. The summed E-state index contributed by atoms with van der Waals surface area (Å²) in [6, 6.07) is 26.9. The first-order valence-electron chi connectivity index (χ1n) is 27.4. The lowest BCUT2D eigenvalue weighted by atomic mass is 9.95. The highest BCUT2D eigenvalue weighted by atomic mass is 19.1. The Hall–Kier alpha value is -4.87. The number of para-hydroxylation sites is 2. The minimum atomic E-state index is -0.276. The van der Waals surface area contributed by atoms with Gasteiger partial charge in [0, 0.05) is 35.4 Å². The molecule has 0 aliphatic carbocycles. The van der Waals surface area contributed by atoms with E-state index in [1.165, 1.54) is 64.3 Å². The number of nitrogens with one attached hydrogen (secondary N) is 2. The molecule has 0 radical (unpaired) electrons. The van der Waals surface area contributed by atoms with Crippen LogP contribution in [0.1, 0.15) is 159 Å². The number of likely N-dealkylation sites (tertiary alicyclic amines) is 1. The van der Waals surface area contributed by atoms with Crippen LogP contribution in [0, 0.1) is 31.0 Å². The van der Waals surface area contributed by atoms with Gasteiger partial charge in [0.1, 0.15) is 30.6 Å². The molecule has 0 spiro atoms. The summed E-state index contributed by atoms with van der Waals surface area (Å²) in [5.74, 6) is 5.07. The van der Waals surface area contributed by atoms with E-state index in [1.807, 2.05) is 135 Å². The van der Waals surface area contributed by atoms with Crippen LogP contribution in [0.2, 0.25) is 0 Å². The van der Waals surface area contributed by atoms with Crippen LogP contribution < -0.4 is 30.8 Å². The monoisotopic (exact) mass is 1050 g/mol. The molecule has 4 heterocycles. The predicted octanol–water partition coefficient (Wildman–Crippen LogP) is 13.3. The second-order valence-electron chi connectivity index (χ2n) is 22.4. The minimum Gasteiger partial charge on any atom is -0.491 e. The number of nitrogens with zero attached hydrogens (tertiary/aromatic N) is 3. The number of terminal acetylenes is 1. The first kappa shape index (κ1) is 67.2. The van der Waals surface area contributed by atoms with Gasteiger partial charge in [0.05, 0.1) is 53.5 Å². The van der Waals surface area contributed by atoms with Gasteiger partial charge in [0.25, 0.3) is 0 Å². The normalized spacial score (nSPS) is 15.8. The van der Waals surface area contributed by atoms with Crippen LogP contribution in [0.5, 0.6) is 11.5 Å². The molecule has 424 valence electrons. The van der Waals surface area contributed by atoms with Gasteiger partial charge in [0.15, 0.2) is 0 Å². The van der Waals surface area contributed by atoms with Crippen molar-refractivity contribution in [2.24, 2.45) is 15.9 Å². The number of anilines is 1. The summed E-state index contributed by atoms with van der Waals surface area (Å²) in [7, 11) is 0. The topological polar surface area (TPSA) is 107 Å². The summed E-state index contributed by atoms with van der Waals surface area (Å²) >= 11 is 0. The summed E-state index contributed by atoms with van der Waals surface area (Å²) in [5, 5.41) is 8.36. The lowest BCUT2D eigenvalue weighted by Gasteiger charge is -2.31. The first-order chi connectivity index (χ1) is 35.5. The third-order valence-electron chi connectivity index (χ3n) is 12.0. The highest BCUT2D eigenvalue weighted by Crippen LogP contribution is 2.26. The number of piperidine rings is 1. The Morgan fingerprint density at radius 2 is 1.45 bits per heavy atom. The molecule has 12 heteroatoms. The molecular weight excluding hydrogens is 954 g/mol. The Labute approximate surface area is 460 Å². The fourth-order valence-corrected chi connectivity index (χ4v) is 7.90. The Bertz CT molecular complexity index is 2340. The van der Waals surface area contributed by atoms with Gasteiger partial charge >= 0.3 is 0 Å². The molecule has 0 aromatic heterocycles. The Kier molecular flexibility index (Phi) is 31.4. The van der Waals surface area contributed by atoms with Crippen LogP contribution in [0.25, 0.3) is 0 Å². The molecule has 2 saturated heterocycles. The number of rotatable bonds is 13. The van der Waals surface area contributed by atoms with Crippen molar-refractivity contribution in [2.75, 3.05) is 51.4 Å². The number of benzene rings is 4. The fraction of sp³-hybridized carbons (Fsp3) is 0.594. The van der Waals surface area contributed by atoms with Gasteiger partial charge in [-0.2, -0.15) is 0 Å². The minimum absolute atomic E-state index is 0. The highest BCUT2D eigenvalue weighted by Gasteiger charge is 2.24. The van der Waals surface area contributed by atoms with E-state index in [1.54, 1.807) is 6.07 Å². The molecule has 0 amide bonds. The average Bonchev–Trinajstić information content (AvgIpc) is 4.09. The molecule has 2 N–H and O–H groups in total. The van der Waals surface area contributed by atoms with Crippen LogP contribution in [0.15, 0.2) is 94.9 Å². The number of ether oxygens (including phenoxy) is 6. The Morgan fingerprint density at radius 3 is 2.01 bits per heavy atom. The van der Waals surface area contributed by atoms with Crippen molar-refractivity contribution in [3.05, 3.63) is 124 Å². The molecule has 2 fully saturated rings. The van der Waals surface area contributed by atoms with E-state index < -0.39 is 0 Å². The zero-order valence-electron chi connectivity index (χ0n) is 48.7. The van der Waals surface area contributed by atoms with E-state index in [0.717, 1.165) is 57.0 Å². The summed E-state index contributed by atoms with van der Waals surface area (Å²) in [6.07, 6.45) is 12.3. The molecule has 4 aromatic carbocycles. The van der Waals surface area contributed by atoms with Gasteiger partial charge in [-0.05, 0) is 216 Å². The number of aryl methyl sites for hydroxylation is 1. The summed E-state index contributed by atoms with van der Waals surface area (Å²) in [5.41, 5.74) is 5.18. The lowest BCUT2D eigenvalue weighted by Crippen LogP contribution is -2.38. The van der Waals surface area contributed by atoms with E-state index in [0.29, 0.717) is 37.7 Å². The highest BCUT2D eigenvalue weighted by molar-refractivity contribution is 5.52. The van der Waals surface area contributed by atoms with Crippen LogP contribution in [-0.4, -0.2) is 92.7 Å². The molecular formula is C64H100FN5O6. The van der Waals surface area contributed by atoms with Gasteiger partial charge in [-0.3, -0.25) is 14.9 Å². The van der Waals surface area contributed by atoms with Gasteiger partial charge in [-0.1, -0.05) is 55.8 Å². The molecule has 4 aliphatic rings. The van der Waals surface area contributed by atoms with Crippen molar-refractivity contribution in [3.8, 4) is 23.8 Å². The summed E-state index contributed by atoms with van der Waals surface area (Å²) < 4.78 is 46.4. The molecule has 4 aliphatic heterocycles. The standard InChI is InChI=1S/C12H16O3.C12H14O.C11H23NO.C10H14FN.C10H12N2O.C8H17N.CH4/c1-9(2)13-8-12-14-7-10-5-3-4-6-11(10)15-12;1-4-11-5-7-12(8-6-11)9-13-10(2)3;1-11(2,3)13-9-6-10-4-7-12-8-5-10;1-7(2)12-10-8(3)5-4-6-9(10)11;1-7(2)13-8-3-4-9-10(5-8)12-6-11-9;1-8(2,3)9-6-4-5-7-9;/h3-6,9,12H,7-8H2,1-2H3;1,5-8,10H,9H2,2-3H3;10,12H,4-9H2,1-3H3;4-7,12H,1-3H3;3-5,7H,6H2,1-2H3;4-7H2,1-3H3;1H4. The smallest absolute Gasteiger partial charge is 0.223 e. The van der Waals surface area contributed by atoms with Crippen LogP contribution in [0.3, 0.4) is 0 Å². The van der Waals surface area contributed by atoms with Crippen molar-refractivity contribution < 1.29 is 32.8 Å². The quantitative estimate of drug-likeness (QED) is 0.127. The third-order valence-corrected chi connectivity index (χ3v) is 12.0. The Morgan fingerprint density at radius 1 is 0.803 bits per heavy atom. The van der Waals surface area contributed by atoms with Crippen molar-refractivity contribution in [1.82, 2.24) is 10.2 Å². The zero-order valence-corrected chi connectivity index (χ0v) is 48.7. The molecule has 0 bridgehead atoms. The van der Waals surface area contributed by atoms with E-state index in [9.17, 15) is 4.39 Å². The largest absolute Gasteiger partial charge is 0.491 e. The molecule has 8 rings (SSSR count). The molecule has 0 saturated carbocycles. The average molecular weight is 1050 g/mol. The van der Waals surface area contributed by atoms with Crippen molar-refractivity contribution >= 4 is 5.69 Å². The maximum atomic E-state index is 13.1. The number of hydrogen-bond acceptors (Lipinski definition) is 11. The van der Waals surface area contributed by atoms with Crippen LogP contribution in [-0.2, 0) is 32.2 Å². The van der Waals surface area contributed by atoms with E-state index in [-0.39, 0.29) is 49.5 Å². The van der Waals surface area contributed by atoms with E-state index in [4.69, 9.17) is 34.8 Å². The van der Waals surface area contributed by atoms with Gasteiger partial charge in [-0.15, -0.1) is 6.42 Å². The summed E-state index contributed by atoms with van der Waals surface area (Å²) in [6.45, 7) is 39.4. The number of hydrogen-bond donors (Lipinski definition) is 2. The van der Waals surface area contributed by atoms with Gasteiger partial charge < -0.3 is 39.1 Å². The summed E-state index contributed by atoms with van der Waals surface area (Å²) in [4.78, 5) is 11.0. The third kappa shape index (κ3) is 28.5. The Balaban J connectivity index is 0.000000313. The molecule has 76 heavy (non-hydrogen) atoms.